The Bertz CT molecular complexity index is 101. The van der Waals surface area contributed by atoms with E-state index in [-0.39, 0.29) is 11.5 Å². The molecule has 54 valence electrons. The number of hydrogen-bond acceptors (Lipinski definition) is 1. The summed E-state index contributed by atoms with van der Waals surface area (Å²) in [5.74, 6) is 0. The van der Waals surface area contributed by atoms with Gasteiger partial charge in [0, 0.05) is 0 Å². The van der Waals surface area contributed by atoms with E-state index in [0.717, 1.165) is 12.8 Å². The van der Waals surface area contributed by atoms with Crippen molar-refractivity contribution in [3.05, 3.63) is 0 Å². The van der Waals surface area contributed by atoms with Crippen LogP contribution in [0.3, 0.4) is 0 Å². The molecule has 0 heterocycles. The maximum absolute atomic E-state index is 9.45. The van der Waals surface area contributed by atoms with Gasteiger partial charge in [-0.15, -0.1) is 0 Å². The minimum atomic E-state index is -0.0255. The van der Waals surface area contributed by atoms with Gasteiger partial charge in [0.25, 0.3) is 0 Å². The van der Waals surface area contributed by atoms with Crippen LogP contribution in [0.5, 0.6) is 0 Å². The maximum atomic E-state index is 9.45. The summed E-state index contributed by atoms with van der Waals surface area (Å²) in [6.45, 7) is 4.35. The molecule has 2 unspecified atom stereocenters. The van der Waals surface area contributed by atoms with Gasteiger partial charge >= 0.3 is 0 Å². The van der Waals surface area contributed by atoms with Crippen LogP contribution in [-0.4, -0.2) is 11.2 Å². The Balaban J connectivity index is 2.56. The van der Waals surface area contributed by atoms with Crippen LogP contribution in [0.2, 0.25) is 0 Å². The van der Waals surface area contributed by atoms with E-state index in [9.17, 15) is 5.11 Å². The molecular formula is C8H16O. The fourth-order valence-electron chi connectivity index (χ4n) is 1.63. The standard InChI is InChI=1S/C8H16O/c1-3-8(2)6-4-5-7(8)9/h7,9H,3-6H2,1-2H3. The molecule has 1 nitrogen and oxygen atoms in total. The van der Waals surface area contributed by atoms with Crippen LogP contribution >= 0.6 is 0 Å². The molecule has 0 aromatic rings. The fraction of sp³-hybridized carbons (Fsp3) is 1.00. The molecular weight excluding hydrogens is 112 g/mol. The van der Waals surface area contributed by atoms with Crippen LogP contribution < -0.4 is 0 Å². The molecule has 1 rings (SSSR count). The van der Waals surface area contributed by atoms with Gasteiger partial charge in [0.1, 0.15) is 0 Å². The average Bonchev–Trinajstić information content (AvgIpc) is 2.15. The monoisotopic (exact) mass is 128 g/mol. The molecule has 0 amide bonds. The molecule has 0 aliphatic heterocycles. The van der Waals surface area contributed by atoms with Crippen LogP contribution in [-0.2, 0) is 0 Å². The van der Waals surface area contributed by atoms with E-state index >= 15 is 0 Å². The van der Waals surface area contributed by atoms with Gasteiger partial charge in [-0.05, 0) is 24.7 Å². The second kappa shape index (κ2) is 2.30. The van der Waals surface area contributed by atoms with Crippen molar-refractivity contribution >= 4 is 0 Å². The minimum absolute atomic E-state index is 0.0255. The van der Waals surface area contributed by atoms with Gasteiger partial charge in [-0.25, -0.2) is 0 Å². The Labute approximate surface area is 57.1 Å². The van der Waals surface area contributed by atoms with Crippen LogP contribution in [0.1, 0.15) is 39.5 Å². The Morgan fingerprint density at radius 1 is 1.67 bits per heavy atom. The first-order valence-corrected chi connectivity index (χ1v) is 3.87. The molecule has 1 aliphatic rings. The lowest BCUT2D eigenvalue weighted by molar-refractivity contribution is 0.0634. The van der Waals surface area contributed by atoms with Gasteiger partial charge in [0.05, 0.1) is 6.10 Å². The molecule has 0 saturated heterocycles. The van der Waals surface area contributed by atoms with Crippen molar-refractivity contribution in [3.8, 4) is 0 Å². The summed E-state index contributed by atoms with van der Waals surface area (Å²) in [7, 11) is 0. The number of aliphatic hydroxyl groups excluding tert-OH is 1. The molecule has 0 bridgehead atoms. The lowest BCUT2D eigenvalue weighted by Gasteiger charge is -2.25. The van der Waals surface area contributed by atoms with Crippen molar-refractivity contribution in [2.75, 3.05) is 0 Å². The molecule has 1 aliphatic carbocycles. The van der Waals surface area contributed by atoms with Crippen LogP contribution in [0.4, 0.5) is 0 Å². The smallest absolute Gasteiger partial charge is 0.0593 e. The number of aliphatic hydroxyl groups is 1. The quantitative estimate of drug-likeness (QED) is 0.572. The Morgan fingerprint density at radius 2 is 2.33 bits per heavy atom. The predicted octanol–water partition coefficient (Wildman–Crippen LogP) is 1.95. The minimum Gasteiger partial charge on any atom is -0.393 e. The molecule has 1 heteroatoms. The van der Waals surface area contributed by atoms with Gasteiger partial charge < -0.3 is 5.11 Å². The third-order valence-electron chi connectivity index (χ3n) is 2.84. The second-order valence-electron chi connectivity index (χ2n) is 3.42. The van der Waals surface area contributed by atoms with Crippen LogP contribution in [0.25, 0.3) is 0 Å². The summed E-state index contributed by atoms with van der Waals surface area (Å²) < 4.78 is 0. The van der Waals surface area contributed by atoms with E-state index in [4.69, 9.17) is 0 Å². The molecule has 2 atom stereocenters. The molecule has 9 heavy (non-hydrogen) atoms. The predicted molar refractivity (Wildman–Crippen MR) is 38.3 cm³/mol. The molecule has 1 saturated carbocycles. The van der Waals surface area contributed by atoms with Crippen molar-refractivity contribution in [2.24, 2.45) is 5.41 Å². The summed E-state index contributed by atoms with van der Waals surface area (Å²) in [4.78, 5) is 0. The van der Waals surface area contributed by atoms with E-state index in [2.05, 4.69) is 13.8 Å². The third-order valence-corrected chi connectivity index (χ3v) is 2.84. The molecule has 1 N–H and O–H groups in total. The van der Waals surface area contributed by atoms with Crippen molar-refractivity contribution in [2.45, 2.75) is 45.6 Å². The highest BCUT2D eigenvalue weighted by molar-refractivity contribution is 4.86. The number of rotatable bonds is 1. The Kier molecular flexibility index (Phi) is 1.80. The van der Waals surface area contributed by atoms with Crippen molar-refractivity contribution < 1.29 is 5.11 Å². The lowest BCUT2D eigenvalue weighted by Crippen LogP contribution is -2.24. The summed E-state index contributed by atoms with van der Waals surface area (Å²) in [6.07, 6.45) is 4.54. The van der Waals surface area contributed by atoms with Gasteiger partial charge in [0.15, 0.2) is 0 Å². The van der Waals surface area contributed by atoms with Crippen LogP contribution in [0, 0.1) is 5.41 Å². The maximum Gasteiger partial charge on any atom is 0.0593 e. The van der Waals surface area contributed by atoms with E-state index < -0.39 is 0 Å². The Morgan fingerprint density at radius 3 is 2.56 bits per heavy atom. The van der Waals surface area contributed by atoms with Gasteiger partial charge in [-0.1, -0.05) is 20.3 Å². The molecule has 1 fully saturated rings. The third kappa shape index (κ3) is 1.11. The zero-order valence-electron chi connectivity index (χ0n) is 6.35. The zero-order chi connectivity index (χ0) is 6.91. The SMILES string of the molecule is CCC1(C)CCCC1O. The Hall–Kier alpha value is -0.0400. The molecule has 0 spiro atoms. The fourth-order valence-corrected chi connectivity index (χ4v) is 1.63. The van der Waals surface area contributed by atoms with Crippen molar-refractivity contribution in [1.82, 2.24) is 0 Å². The molecule has 0 aromatic carbocycles. The lowest BCUT2D eigenvalue weighted by atomic mass is 9.84. The van der Waals surface area contributed by atoms with E-state index in [0.29, 0.717) is 0 Å². The molecule has 0 radical (unpaired) electrons. The van der Waals surface area contributed by atoms with Gasteiger partial charge in [0.2, 0.25) is 0 Å². The van der Waals surface area contributed by atoms with Gasteiger partial charge in [-0.3, -0.25) is 0 Å². The first-order valence-electron chi connectivity index (χ1n) is 3.87. The largest absolute Gasteiger partial charge is 0.393 e. The first kappa shape index (κ1) is 7.07. The highest BCUT2D eigenvalue weighted by Gasteiger charge is 2.35. The second-order valence-corrected chi connectivity index (χ2v) is 3.42. The highest BCUT2D eigenvalue weighted by atomic mass is 16.3. The first-order chi connectivity index (χ1) is 4.19. The summed E-state index contributed by atoms with van der Waals surface area (Å²) >= 11 is 0. The highest BCUT2D eigenvalue weighted by Crippen LogP contribution is 2.40. The average molecular weight is 128 g/mol. The van der Waals surface area contributed by atoms with Crippen molar-refractivity contribution in [1.29, 1.82) is 0 Å². The van der Waals surface area contributed by atoms with E-state index in [1.54, 1.807) is 0 Å². The summed E-state index contributed by atoms with van der Waals surface area (Å²) in [6, 6.07) is 0. The topological polar surface area (TPSA) is 20.2 Å². The van der Waals surface area contributed by atoms with Crippen molar-refractivity contribution in [3.63, 3.8) is 0 Å². The van der Waals surface area contributed by atoms with Crippen LogP contribution in [0.15, 0.2) is 0 Å². The molecule has 0 aromatic heterocycles. The zero-order valence-corrected chi connectivity index (χ0v) is 6.35. The van der Waals surface area contributed by atoms with Gasteiger partial charge in [-0.2, -0.15) is 0 Å². The summed E-state index contributed by atoms with van der Waals surface area (Å²) in [5, 5.41) is 9.45. The normalized spacial score (nSPS) is 43.7. The van der Waals surface area contributed by atoms with E-state index in [1.807, 2.05) is 0 Å². The summed E-state index contributed by atoms with van der Waals surface area (Å²) in [5.41, 5.74) is 0.250. The van der Waals surface area contributed by atoms with E-state index in [1.165, 1.54) is 12.8 Å². The number of hydrogen-bond donors (Lipinski definition) is 1.